The van der Waals surface area contributed by atoms with E-state index in [1.54, 1.807) is 24.5 Å². The first-order chi connectivity index (χ1) is 10.1. The van der Waals surface area contributed by atoms with E-state index in [0.717, 1.165) is 16.6 Å². The smallest absolute Gasteiger partial charge is 0.267 e. The Morgan fingerprint density at radius 2 is 1.95 bits per heavy atom. The van der Waals surface area contributed by atoms with Crippen LogP contribution in [0.1, 0.15) is 20.9 Å². The van der Waals surface area contributed by atoms with Crippen molar-refractivity contribution < 1.29 is 4.79 Å². The highest BCUT2D eigenvalue weighted by Gasteiger charge is 2.19. The molecule has 0 saturated heterocycles. The van der Waals surface area contributed by atoms with E-state index in [9.17, 15) is 4.79 Å². The Bertz CT molecular complexity index is 828. The van der Waals surface area contributed by atoms with Crippen LogP contribution in [0.15, 0.2) is 24.5 Å². The van der Waals surface area contributed by atoms with Crippen molar-refractivity contribution in [3.05, 3.63) is 40.7 Å². The zero-order valence-corrected chi connectivity index (χ0v) is 12.4. The minimum absolute atomic E-state index is 0.251. The number of nitrogen functional groups attached to an aromatic ring is 1. The van der Waals surface area contributed by atoms with Gasteiger partial charge in [0.1, 0.15) is 9.71 Å². The molecule has 0 fully saturated rings. The summed E-state index contributed by atoms with van der Waals surface area (Å²) < 4.78 is 0. The summed E-state index contributed by atoms with van der Waals surface area (Å²) in [5.41, 5.74) is 9.03. The second-order valence-corrected chi connectivity index (χ2v) is 5.62. The third kappa shape index (κ3) is 2.31. The Kier molecular flexibility index (Phi) is 3.26. The molecule has 6 nitrogen and oxygen atoms in total. The monoisotopic (exact) mass is 299 g/mol. The first kappa shape index (κ1) is 13.4. The molecule has 0 aliphatic rings. The number of carbonyl (C=O) groups excluding carboxylic acids is 1. The van der Waals surface area contributed by atoms with Crippen LogP contribution < -0.4 is 11.1 Å². The van der Waals surface area contributed by atoms with E-state index in [0.29, 0.717) is 21.1 Å². The number of hydrogen-bond donors (Lipinski definition) is 2. The lowest BCUT2D eigenvalue weighted by atomic mass is 10.1. The van der Waals surface area contributed by atoms with E-state index in [4.69, 9.17) is 5.73 Å². The number of amides is 1. The number of aromatic nitrogens is 3. The number of hydrogen-bond acceptors (Lipinski definition) is 6. The van der Waals surface area contributed by atoms with Crippen LogP contribution in [0.25, 0.3) is 10.2 Å². The minimum atomic E-state index is -0.251. The number of nitrogens with two attached hydrogens (primary N) is 1. The van der Waals surface area contributed by atoms with Gasteiger partial charge in [-0.3, -0.25) is 9.78 Å². The Labute approximate surface area is 125 Å². The number of rotatable bonds is 2. The van der Waals surface area contributed by atoms with Gasteiger partial charge in [-0.15, -0.1) is 16.4 Å². The molecule has 0 saturated carbocycles. The molecule has 0 aliphatic heterocycles. The molecule has 0 aromatic carbocycles. The van der Waals surface area contributed by atoms with Crippen LogP contribution in [0.2, 0.25) is 0 Å². The van der Waals surface area contributed by atoms with Gasteiger partial charge in [-0.25, -0.2) is 0 Å². The molecule has 106 valence electrons. The highest BCUT2D eigenvalue weighted by molar-refractivity contribution is 7.21. The van der Waals surface area contributed by atoms with Gasteiger partial charge in [0.05, 0.1) is 11.4 Å². The number of fused-ring (bicyclic) bond motifs is 1. The maximum Gasteiger partial charge on any atom is 0.267 e. The van der Waals surface area contributed by atoms with Crippen molar-refractivity contribution in [1.29, 1.82) is 0 Å². The fraction of sp³-hybridized carbons (Fsp3) is 0.143. The summed E-state index contributed by atoms with van der Waals surface area (Å²) in [5.74, 6) is -0.251. The van der Waals surface area contributed by atoms with Crippen LogP contribution in [-0.4, -0.2) is 21.1 Å². The lowest BCUT2D eigenvalue weighted by Crippen LogP contribution is -2.11. The summed E-state index contributed by atoms with van der Waals surface area (Å²) in [6.45, 7) is 3.80. The lowest BCUT2D eigenvalue weighted by Gasteiger charge is -2.04. The molecule has 0 radical (unpaired) electrons. The Morgan fingerprint density at radius 3 is 2.67 bits per heavy atom. The summed E-state index contributed by atoms with van der Waals surface area (Å²) in [6.07, 6.45) is 3.23. The molecule has 0 bridgehead atoms. The highest BCUT2D eigenvalue weighted by atomic mass is 32.1. The molecular formula is C14H13N5OS. The van der Waals surface area contributed by atoms with Crippen LogP contribution in [0, 0.1) is 13.8 Å². The first-order valence-electron chi connectivity index (χ1n) is 6.31. The summed E-state index contributed by atoms with van der Waals surface area (Å²) >= 11 is 1.25. The van der Waals surface area contributed by atoms with Crippen molar-refractivity contribution >= 4 is 38.8 Å². The predicted octanol–water partition coefficient (Wildman–Crippen LogP) is 2.54. The number of thiophene rings is 1. The molecule has 1 amide bonds. The molecule has 7 heteroatoms. The van der Waals surface area contributed by atoms with E-state index in [1.807, 2.05) is 13.8 Å². The number of carbonyl (C=O) groups is 1. The van der Waals surface area contributed by atoms with Gasteiger partial charge in [0.2, 0.25) is 0 Å². The molecule has 21 heavy (non-hydrogen) atoms. The third-order valence-electron chi connectivity index (χ3n) is 3.28. The summed E-state index contributed by atoms with van der Waals surface area (Å²) in [4.78, 5) is 17.4. The summed E-state index contributed by atoms with van der Waals surface area (Å²) in [6, 6.07) is 3.44. The van der Waals surface area contributed by atoms with Crippen molar-refractivity contribution in [2.45, 2.75) is 13.8 Å². The Morgan fingerprint density at radius 1 is 1.24 bits per heavy atom. The standard InChI is InChI=1S/C14H13N5OS/c1-7-8(2)18-19-14-10(7)11(15)12(21-14)13(20)17-9-3-5-16-6-4-9/h3-6H,15H2,1-2H3,(H,16,17,20). The number of nitrogens with one attached hydrogen (secondary N) is 1. The van der Waals surface area contributed by atoms with Crippen LogP contribution in [0.4, 0.5) is 11.4 Å². The average Bonchev–Trinajstić information content (AvgIpc) is 2.82. The Balaban J connectivity index is 2.03. The van der Waals surface area contributed by atoms with Gasteiger partial charge in [0.15, 0.2) is 0 Å². The fourth-order valence-electron chi connectivity index (χ4n) is 2.03. The lowest BCUT2D eigenvalue weighted by molar-refractivity contribution is 0.103. The summed E-state index contributed by atoms with van der Waals surface area (Å²) in [7, 11) is 0. The third-order valence-corrected chi connectivity index (χ3v) is 4.37. The van der Waals surface area contributed by atoms with E-state index in [-0.39, 0.29) is 5.91 Å². The second-order valence-electron chi connectivity index (χ2n) is 4.63. The molecule has 0 spiro atoms. The second kappa shape index (κ2) is 5.10. The molecule has 3 heterocycles. The zero-order chi connectivity index (χ0) is 15.0. The van der Waals surface area contributed by atoms with Gasteiger partial charge < -0.3 is 11.1 Å². The molecule has 3 N–H and O–H groups in total. The number of nitrogens with zero attached hydrogens (tertiary/aromatic N) is 3. The maximum atomic E-state index is 12.4. The van der Waals surface area contributed by atoms with E-state index in [2.05, 4.69) is 20.5 Å². The quantitative estimate of drug-likeness (QED) is 0.758. The largest absolute Gasteiger partial charge is 0.397 e. The molecule has 0 aliphatic carbocycles. The normalized spacial score (nSPS) is 10.8. The number of pyridine rings is 1. The van der Waals surface area contributed by atoms with Crippen molar-refractivity contribution in [2.24, 2.45) is 0 Å². The maximum absolute atomic E-state index is 12.4. The van der Waals surface area contributed by atoms with E-state index in [1.165, 1.54) is 11.3 Å². The van der Waals surface area contributed by atoms with Crippen molar-refractivity contribution in [2.75, 3.05) is 11.1 Å². The number of anilines is 2. The minimum Gasteiger partial charge on any atom is -0.397 e. The SMILES string of the molecule is Cc1nnc2sc(C(=O)Nc3ccncc3)c(N)c2c1C. The van der Waals surface area contributed by atoms with Crippen LogP contribution >= 0.6 is 11.3 Å². The fourth-order valence-corrected chi connectivity index (χ4v) is 3.03. The molecular weight excluding hydrogens is 286 g/mol. The predicted molar refractivity (Wildman–Crippen MR) is 83.5 cm³/mol. The highest BCUT2D eigenvalue weighted by Crippen LogP contribution is 2.35. The van der Waals surface area contributed by atoms with Crippen molar-refractivity contribution in [3.63, 3.8) is 0 Å². The van der Waals surface area contributed by atoms with Crippen molar-refractivity contribution in [3.8, 4) is 0 Å². The topological polar surface area (TPSA) is 93.8 Å². The molecule has 3 rings (SSSR count). The molecule has 0 unspecified atom stereocenters. The van der Waals surface area contributed by atoms with Gasteiger partial charge in [-0.2, -0.15) is 5.10 Å². The van der Waals surface area contributed by atoms with Crippen LogP contribution in [0.5, 0.6) is 0 Å². The first-order valence-corrected chi connectivity index (χ1v) is 7.13. The van der Waals surface area contributed by atoms with E-state index < -0.39 is 0 Å². The number of aryl methyl sites for hydroxylation is 2. The van der Waals surface area contributed by atoms with E-state index >= 15 is 0 Å². The van der Waals surface area contributed by atoms with Gasteiger partial charge in [-0.1, -0.05) is 0 Å². The van der Waals surface area contributed by atoms with Gasteiger partial charge >= 0.3 is 0 Å². The van der Waals surface area contributed by atoms with Crippen LogP contribution in [-0.2, 0) is 0 Å². The zero-order valence-electron chi connectivity index (χ0n) is 11.5. The summed E-state index contributed by atoms with van der Waals surface area (Å²) in [5, 5.41) is 11.8. The Hall–Kier alpha value is -2.54. The average molecular weight is 299 g/mol. The molecule has 3 aromatic rings. The molecule has 3 aromatic heterocycles. The molecule has 0 atom stereocenters. The van der Waals surface area contributed by atoms with Gasteiger partial charge in [0.25, 0.3) is 5.91 Å². The van der Waals surface area contributed by atoms with Gasteiger partial charge in [-0.05, 0) is 31.5 Å². The van der Waals surface area contributed by atoms with Crippen molar-refractivity contribution in [1.82, 2.24) is 15.2 Å². The van der Waals surface area contributed by atoms with Gasteiger partial charge in [0, 0.05) is 23.5 Å². The van der Waals surface area contributed by atoms with Crippen LogP contribution in [0.3, 0.4) is 0 Å².